The summed E-state index contributed by atoms with van der Waals surface area (Å²) >= 11 is 3.45. The summed E-state index contributed by atoms with van der Waals surface area (Å²) in [6.07, 6.45) is 0. The third kappa shape index (κ3) is 3.68. The number of benzene rings is 2. The van der Waals surface area contributed by atoms with E-state index in [2.05, 4.69) is 33.0 Å². The summed E-state index contributed by atoms with van der Waals surface area (Å²) in [7, 11) is 0. The molecule has 5 heteroatoms. The SMILES string of the molecule is CC(=O)C(C)N1CN(Cc2ccc(Br)cc2)Cc2ccc(F)cc21. The molecular formula is C19H20BrFN2O. The van der Waals surface area contributed by atoms with Crippen LogP contribution in [0.5, 0.6) is 0 Å². The first kappa shape index (κ1) is 17.1. The Bertz CT molecular complexity index is 748. The van der Waals surface area contributed by atoms with Crippen molar-refractivity contribution in [1.29, 1.82) is 0 Å². The first-order valence-electron chi connectivity index (χ1n) is 7.96. The van der Waals surface area contributed by atoms with E-state index < -0.39 is 0 Å². The van der Waals surface area contributed by atoms with E-state index in [0.717, 1.165) is 28.8 Å². The molecule has 2 aromatic carbocycles. The maximum absolute atomic E-state index is 13.7. The zero-order chi connectivity index (χ0) is 17.3. The van der Waals surface area contributed by atoms with Gasteiger partial charge in [-0.25, -0.2) is 4.39 Å². The first-order chi connectivity index (χ1) is 11.4. The maximum atomic E-state index is 13.7. The molecule has 24 heavy (non-hydrogen) atoms. The number of rotatable bonds is 4. The van der Waals surface area contributed by atoms with Crippen LogP contribution in [0.2, 0.25) is 0 Å². The van der Waals surface area contributed by atoms with E-state index in [1.807, 2.05) is 30.0 Å². The van der Waals surface area contributed by atoms with Crippen molar-refractivity contribution in [2.24, 2.45) is 0 Å². The predicted octanol–water partition coefficient (Wildman–Crippen LogP) is 4.35. The molecule has 3 nitrogen and oxygen atoms in total. The van der Waals surface area contributed by atoms with Crippen molar-refractivity contribution < 1.29 is 9.18 Å². The van der Waals surface area contributed by atoms with Crippen molar-refractivity contribution in [2.45, 2.75) is 33.0 Å². The van der Waals surface area contributed by atoms with Crippen LogP contribution >= 0.6 is 15.9 Å². The highest BCUT2D eigenvalue weighted by atomic mass is 79.9. The number of Topliss-reactive ketones (excluding diaryl/α,β-unsaturated/α-hetero) is 1. The average molecular weight is 391 g/mol. The molecule has 1 atom stereocenters. The second-order valence-corrected chi connectivity index (χ2v) is 7.20. The van der Waals surface area contributed by atoms with Gasteiger partial charge in [-0.05, 0) is 49.2 Å². The fourth-order valence-corrected chi connectivity index (χ4v) is 3.29. The van der Waals surface area contributed by atoms with Gasteiger partial charge in [-0.15, -0.1) is 0 Å². The van der Waals surface area contributed by atoms with Gasteiger partial charge in [0.25, 0.3) is 0 Å². The number of fused-ring (bicyclic) bond motifs is 1. The third-order valence-corrected chi connectivity index (χ3v) is 5.01. The molecule has 1 aliphatic heterocycles. The van der Waals surface area contributed by atoms with E-state index >= 15 is 0 Å². The van der Waals surface area contributed by atoms with Gasteiger partial charge in [-0.1, -0.05) is 34.1 Å². The van der Waals surface area contributed by atoms with Crippen LogP contribution < -0.4 is 4.90 Å². The van der Waals surface area contributed by atoms with Crippen LogP contribution in [-0.2, 0) is 17.9 Å². The van der Waals surface area contributed by atoms with E-state index in [4.69, 9.17) is 0 Å². The summed E-state index contributed by atoms with van der Waals surface area (Å²) in [5, 5.41) is 0. The van der Waals surface area contributed by atoms with E-state index in [1.165, 1.54) is 17.7 Å². The van der Waals surface area contributed by atoms with Gasteiger partial charge in [-0.2, -0.15) is 0 Å². The Kier molecular flexibility index (Phi) is 5.01. The van der Waals surface area contributed by atoms with Crippen molar-refractivity contribution in [1.82, 2.24) is 4.90 Å². The van der Waals surface area contributed by atoms with Crippen LogP contribution in [0.15, 0.2) is 46.9 Å². The third-order valence-electron chi connectivity index (χ3n) is 4.48. The summed E-state index contributed by atoms with van der Waals surface area (Å²) in [6, 6.07) is 12.8. The van der Waals surface area contributed by atoms with E-state index in [0.29, 0.717) is 6.67 Å². The lowest BCUT2D eigenvalue weighted by Gasteiger charge is -2.41. The second-order valence-electron chi connectivity index (χ2n) is 6.28. The molecule has 0 bridgehead atoms. The molecule has 2 aromatic rings. The molecule has 0 saturated heterocycles. The average Bonchev–Trinajstić information content (AvgIpc) is 2.56. The Morgan fingerprint density at radius 3 is 2.62 bits per heavy atom. The molecule has 1 aliphatic rings. The zero-order valence-corrected chi connectivity index (χ0v) is 15.4. The maximum Gasteiger partial charge on any atom is 0.151 e. The van der Waals surface area contributed by atoms with Crippen molar-refractivity contribution in [2.75, 3.05) is 11.6 Å². The Balaban J connectivity index is 1.88. The molecule has 3 rings (SSSR count). The molecule has 0 saturated carbocycles. The normalized spacial score (nSPS) is 15.9. The highest BCUT2D eigenvalue weighted by Crippen LogP contribution is 2.31. The molecule has 0 radical (unpaired) electrons. The lowest BCUT2D eigenvalue weighted by Crippen LogP contribution is -2.48. The van der Waals surface area contributed by atoms with Crippen molar-refractivity contribution >= 4 is 27.4 Å². The number of nitrogens with zero attached hydrogens (tertiary/aromatic N) is 2. The van der Waals surface area contributed by atoms with Gasteiger partial charge >= 0.3 is 0 Å². The minimum atomic E-state index is -0.279. The Labute approximate surface area is 150 Å². The minimum Gasteiger partial charge on any atom is -0.348 e. The lowest BCUT2D eigenvalue weighted by atomic mass is 10.0. The fourth-order valence-electron chi connectivity index (χ4n) is 3.03. The molecule has 1 heterocycles. The first-order valence-corrected chi connectivity index (χ1v) is 8.75. The number of ketones is 1. The number of carbonyl (C=O) groups excluding carboxylic acids is 1. The highest BCUT2D eigenvalue weighted by molar-refractivity contribution is 9.10. The largest absolute Gasteiger partial charge is 0.348 e. The number of halogens is 2. The lowest BCUT2D eigenvalue weighted by molar-refractivity contribution is -0.118. The van der Waals surface area contributed by atoms with Gasteiger partial charge < -0.3 is 4.90 Å². The van der Waals surface area contributed by atoms with Crippen LogP contribution in [0.1, 0.15) is 25.0 Å². The standard InChI is InChI=1S/C19H20BrFN2O/c1-13(14(2)24)23-12-22(10-15-3-6-17(20)7-4-15)11-16-5-8-18(21)9-19(16)23/h3-9,13H,10-12H2,1-2H3. The molecule has 0 spiro atoms. The monoisotopic (exact) mass is 390 g/mol. The predicted molar refractivity (Wildman–Crippen MR) is 97.3 cm³/mol. The Hall–Kier alpha value is -1.72. The summed E-state index contributed by atoms with van der Waals surface area (Å²) in [4.78, 5) is 16.1. The summed E-state index contributed by atoms with van der Waals surface area (Å²) < 4.78 is 14.7. The fraction of sp³-hybridized carbons (Fsp3) is 0.316. The van der Waals surface area contributed by atoms with Crippen LogP contribution in [0.3, 0.4) is 0 Å². The second kappa shape index (κ2) is 7.03. The van der Waals surface area contributed by atoms with E-state index in [9.17, 15) is 9.18 Å². The minimum absolute atomic E-state index is 0.0794. The van der Waals surface area contributed by atoms with Gasteiger partial charge in [0.05, 0.1) is 12.7 Å². The number of hydrogen-bond acceptors (Lipinski definition) is 3. The summed E-state index contributed by atoms with van der Waals surface area (Å²) in [6.45, 7) is 5.59. The van der Waals surface area contributed by atoms with Crippen LogP contribution in [-0.4, -0.2) is 23.4 Å². The summed E-state index contributed by atoms with van der Waals surface area (Å²) in [5.74, 6) is -0.188. The Morgan fingerprint density at radius 2 is 1.96 bits per heavy atom. The summed E-state index contributed by atoms with van der Waals surface area (Å²) in [5.41, 5.74) is 3.08. The molecule has 0 aliphatic carbocycles. The number of hydrogen-bond donors (Lipinski definition) is 0. The number of anilines is 1. The molecule has 0 fully saturated rings. The van der Waals surface area contributed by atoms with Gasteiger partial charge in [0.2, 0.25) is 0 Å². The van der Waals surface area contributed by atoms with E-state index in [1.54, 1.807) is 6.92 Å². The molecule has 0 N–H and O–H groups in total. The van der Waals surface area contributed by atoms with Gasteiger partial charge in [0.1, 0.15) is 5.82 Å². The van der Waals surface area contributed by atoms with Crippen LogP contribution in [0.4, 0.5) is 10.1 Å². The van der Waals surface area contributed by atoms with Crippen LogP contribution in [0.25, 0.3) is 0 Å². The zero-order valence-electron chi connectivity index (χ0n) is 13.8. The van der Waals surface area contributed by atoms with Gasteiger partial charge in [-0.3, -0.25) is 9.69 Å². The smallest absolute Gasteiger partial charge is 0.151 e. The van der Waals surface area contributed by atoms with E-state index in [-0.39, 0.29) is 17.6 Å². The molecular weight excluding hydrogens is 371 g/mol. The molecule has 1 unspecified atom stereocenters. The topological polar surface area (TPSA) is 23.6 Å². The Morgan fingerprint density at radius 1 is 1.25 bits per heavy atom. The highest BCUT2D eigenvalue weighted by Gasteiger charge is 2.28. The van der Waals surface area contributed by atoms with Crippen molar-refractivity contribution in [3.05, 3.63) is 63.9 Å². The quantitative estimate of drug-likeness (QED) is 0.775. The van der Waals surface area contributed by atoms with Crippen LogP contribution in [0, 0.1) is 5.82 Å². The van der Waals surface area contributed by atoms with Gasteiger partial charge in [0.15, 0.2) is 5.78 Å². The molecule has 0 aromatic heterocycles. The number of carbonyl (C=O) groups is 1. The molecule has 126 valence electrons. The van der Waals surface area contributed by atoms with Crippen molar-refractivity contribution in [3.63, 3.8) is 0 Å². The van der Waals surface area contributed by atoms with Crippen molar-refractivity contribution in [3.8, 4) is 0 Å². The molecule has 0 amide bonds. The van der Waals surface area contributed by atoms with Gasteiger partial charge in [0, 0.05) is 23.2 Å².